The molecule has 2 aromatic heterocycles. The Morgan fingerprint density at radius 3 is 2.75 bits per heavy atom. The molecule has 2 aromatic carbocycles. The minimum atomic E-state index is -0.233. The number of benzene rings is 2. The first-order valence-electron chi connectivity index (χ1n) is 12.4. The second kappa shape index (κ2) is 11.5. The van der Waals surface area contributed by atoms with E-state index in [1.54, 1.807) is 36.3 Å². The van der Waals surface area contributed by atoms with E-state index < -0.39 is 0 Å². The number of carbonyl (C=O) groups is 1. The first-order chi connectivity index (χ1) is 17.7. The molecule has 1 N–H and O–H groups in total. The number of halogens is 1. The smallest absolute Gasteiger partial charge is 0.251 e. The van der Waals surface area contributed by atoms with Gasteiger partial charge in [0.2, 0.25) is 0 Å². The van der Waals surface area contributed by atoms with Crippen molar-refractivity contribution < 1.29 is 9.18 Å². The summed E-state index contributed by atoms with van der Waals surface area (Å²) < 4.78 is 16.4. The monoisotopic (exact) mass is 500 g/mol. The number of nitrogens with zero attached hydrogens (tertiary/aromatic N) is 3. The summed E-state index contributed by atoms with van der Waals surface area (Å²) in [6, 6.07) is 16.4. The molecular formula is C29H29FN4OS. The fourth-order valence-electron chi connectivity index (χ4n) is 4.48. The summed E-state index contributed by atoms with van der Waals surface area (Å²) >= 11 is 1.59. The van der Waals surface area contributed by atoms with E-state index in [4.69, 9.17) is 4.98 Å². The summed E-state index contributed by atoms with van der Waals surface area (Å²) in [5.41, 5.74) is 5.54. The molecule has 0 spiro atoms. The van der Waals surface area contributed by atoms with Gasteiger partial charge in [0.15, 0.2) is 5.16 Å². The zero-order valence-corrected chi connectivity index (χ0v) is 20.9. The molecule has 36 heavy (non-hydrogen) atoms. The maximum atomic E-state index is 14.3. The summed E-state index contributed by atoms with van der Waals surface area (Å²) in [6.07, 6.45) is 11.6. The van der Waals surface area contributed by atoms with E-state index in [1.165, 1.54) is 30.9 Å². The molecule has 0 radical (unpaired) electrons. The van der Waals surface area contributed by atoms with E-state index in [-0.39, 0.29) is 11.7 Å². The minimum Gasteiger partial charge on any atom is -0.352 e. The predicted molar refractivity (Wildman–Crippen MR) is 143 cm³/mol. The van der Waals surface area contributed by atoms with E-state index in [1.807, 2.05) is 41.0 Å². The number of amides is 1. The Bertz CT molecular complexity index is 1380. The minimum absolute atomic E-state index is 0.0372. The van der Waals surface area contributed by atoms with Crippen molar-refractivity contribution in [2.45, 2.75) is 49.6 Å². The Labute approximate surface area is 214 Å². The fourth-order valence-corrected chi connectivity index (χ4v) is 5.45. The molecule has 7 heteroatoms. The van der Waals surface area contributed by atoms with Crippen molar-refractivity contribution in [2.24, 2.45) is 0 Å². The van der Waals surface area contributed by atoms with Gasteiger partial charge in [0.05, 0.1) is 23.8 Å². The Kier molecular flexibility index (Phi) is 7.76. The van der Waals surface area contributed by atoms with Crippen LogP contribution in [0.1, 0.15) is 53.6 Å². The van der Waals surface area contributed by atoms with Gasteiger partial charge in [0.1, 0.15) is 5.82 Å². The van der Waals surface area contributed by atoms with E-state index in [2.05, 4.69) is 16.4 Å². The second-order valence-corrected chi connectivity index (χ2v) is 9.98. The van der Waals surface area contributed by atoms with Gasteiger partial charge in [-0.3, -0.25) is 9.78 Å². The number of hydrogen-bond acceptors (Lipinski definition) is 4. The van der Waals surface area contributed by atoms with E-state index >= 15 is 0 Å². The lowest BCUT2D eigenvalue weighted by atomic mass is 9.97. The third-order valence-corrected chi connectivity index (χ3v) is 7.55. The number of aromatic nitrogens is 3. The molecule has 0 bridgehead atoms. The average molecular weight is 501 g/mol. The highest BCUT2D eigenvalue weighted by atomic mass is 32.2. The van der Waals surface area contributed by atoms with Crippen molar-refractivity contribution in [3.05, 3.63) is 101 Å². The van der Waals surface area contributed by atoms with Crippen LogP contribution in [0.5, 0.6) is 0 Å². The molecule has 4 aromatic rings. The van der Waals surface area contributed by atoms with Gasteiger partial charge in [-0.15, -0.1) is 0 Å². The number of imidazole rings is 1. The molecule has 5 nitrogen and oxygen atoms in total. The van der Waals surface area contributed by atoms with Gasteiger partial charge in [0.25, 0.3) is 5.91 Å². The van der Waals surface area contributed by atoms with Crippen LogP contribution in [-0.2, 0) is 12.3 Å². The molecule has 1 aliphatic rings. The van der Waals surface area contributed by atoms with Crippen LogP contribution in [0.2, 0.25) is 0 Å². The lowest BCUT2D eigenvalue weighted by molar-refractivity contribution is 0.0954. The van der Waals surface area contributed by atoms with E-state index in [0.717, 1.165) is 34.6 Å². The number of thioether (sulfide) groups is 1. The van der Waals surface area contributed by atoms with Crippen LogP contribution in [0.25, 0.3) is 11.0 Å². The van der Waals surface area contributed by atoms with Gasteiger partial charge in [0, 0.05) is 29.6 Å². The maximum Gasteiger partial charge on any atom is 0.251 e. The number of carbonyl (C=O) groups excluding carboxylic acids is 1. The number of fused-ring (bicyclic) bond motifs is 1. The van der Waals surface area contributed by atoms with Crippen LogP contribution in [-0.4, -0.2) is 27.0 Å². The van der Waals surface area contributed by atoms with Crippen LogP contribution in [0.15, 0.2) is 83.8 Å². The van der Waals surface area contributed by atoms with Crippen LogP contribution in [0, 0.1) is 5.82 Å². The molecule has 0 fully saturated rings. The zero-order valence-electron chi connectivity index (χ0n) is 20.1. The van der Waals surface area contributed by atoms with Crippen LogP contribution < -0.4 is 5.32 Å². The van der Waals surface area contributed by atoms with Crippen LogP contribution in [0.4, 0.5) is 4.39 Å². The molecule has 1 amide bonds. The van der Waals surface area contributed by atoms with Crippen molar-refractivity contribution in [1.82, 2.24) is 19.9 Å². The molecule has 5 rings (SSSR count). The number of rotatable bonds is 9. The molecule has 2 heterocycles. The molecule has 0 saturated heterocycles. The van der Waals surface area contributed by atoms with Gasteiger partial charge in [-0.1, -0.05) is 53.7 Å². The fraction of sp³-hybridized carbons (Fsp3) is 0.276. The van der Waals surface area contributed by atoms with Crippen molar-refractivity contribution >= 4 is 28.7 Å². The normalized spacial score (nSPS) is 13.5. The highest BCUT2D eigenvalue weighted by molar-refractivity contribution is 7.98. The van der Waals surface area contributed by atoms with Gasteiger partial charge in [-0.05, 0) is 61.9 Å². The number of hydrogen-bond donors (Lipinski definition) is 1. The SMILES string of the molecule is O=C(NCCC1=CCCCC1)c1ccc(CSc2nc3ccncc3n2Cc2ccccc2F)cc1. The number of nitrogens with one attached hydrogen (secondary N) is 1. The maximum absolute atomic E-state index is 14.3. The predicted octanol–water partition coefficient (Wildman–Crippen LogP) is 6.53. The second-order valence-electron chi connectivity index (χ2n) is 9.04. The van der Waals surface area contributed by atoms with E-state index in [9.17, 15) is 9.18 Å². The van der Waals surface area contributed by atoms with Crippen molar-refractivity contribution in [1.29, 1.82) is 0 Å². The summed E-state index contributed by atoms with van der Waals surface area (Å²) in [5.74, 6) is 0.415. The van der Waals surface area contributed by atoms with Crippen LogP contribution >= 0.6 is 11.8 Å². The Balaban J connectivity index is 1.23. The largest absolute Gasteiger partial charge is 0.352 e. The standard InChI is InChI=1S/C29H29FN4OS/c30-25-9-5-4-8-24(25)19-34-27-18-31-16-15-26(27)33-29(34)36-20-22-10-12-23(13-11-22)28(35)32-17-14-21-6-2-1-3-7-21/h4-6,8-13,15-16,18H,1-3,7,14,17,19-20H2,(H,32,35). The highest BCUT2D eigenvalue weighted by Gasteiger charge is 2.14. The van der Waals surface area contributed by atoms with Crippen molar-refractivity contribution in [3.63, 3.8) is 0 Å². The van der Waals surface area contributed by atoms with Crippen molar-refractivity contribution in [3.8, 4) is 0 Å². The van der Waals surface area contributed by atoms with E-state index in [0.29, 0.717) is 30.0 Å². The average Bonchev–Trinajstić information content (AvgIpc) is 3.27. The van der Waals surface area contributed by atoms with Crippen molar-refractivity contribution in [2.75, 3.05) is 6.54 Å². The lowest BCUT2D eigenvalue weighted by Gasteiger charge is -2.13. The Morgan fingerprint density at radius 2 is 1.94 bits per heavy atom. The first-order valence-corrected chi connectivity index (χ1v) is 13.4. The number of pyridine rings is 1. The molecule has 0 saturated carbocycles. The first kappa shape index (κ1) is 24.3. The van der Waals surface area contributed by atoms with Gasteiger partial charge in [-0.25, -0.2) is 9.37 Å². The molecule has 184 valence electrons. The molecular weight excluding hydrogens is 471 g/mol. The Morgan fingerprint density at radius 1 is 1.08 bits per heavy atom. The Hall–Kier alpha value is -3.45. The molecule has 0 atom stereocenters. The molecule has 0 aliphatic heterocycles. The lowest BCUT2D eigenvalue weighted by Crippen LogP contribution is -2.24. The molecule has 0 unspecified atom stereocenters. The number of allylic oxidation sites excluding steroid dienone is 1. The van der Waals surface area contributed by atoms with Gasteiger partial charge >= 0.3 is 0 Å². The zero-order chi connectivity index (χ0) is 24.7. The summed E-state index contributed by atoms with van der Waals surface area (Å²) in [5, 5.41) is 3.84. The quantitative estimate of drug-likeness (QED) is 0.210. The van der Waals surface area contributed by atoms with Gasteiger partial charge in [-0.2, -0.15) is 0 Å². The summed E-state index contributed by atoms with van der Waals surface area (Å²) in [6.45, 7) is 1.06. The summed E-state index contributed by atoms with van der Waals surface area (Å²) in [4.78, 5) is 21.5. The van der Waals surface area contributed by atoms with Gasteiger partial charge < -0.3 is 9.88 Å². The third kappa shape index (κ3) is 5.85. The topological polar surface area (TPSA) is 59.8 Å². The highest BCUT2D eigenvalue weighted by Crippen LogP contribution is 2.28. The third-order valence-electron chi connectivity index (χ3n) is 6.50. The summed E-state index contributed by atoms with van der Waals surface area (Å²) in [7, 11) is 0. The molecule has 1 aliphatic carbocycles. The van der Waals surface area contributed by atoms with Crippen LogP contribution in [0.3, 0.4) is 0 Å².